The van der Waals surface area contributed by atoms with Crippen LogP contribution in [0.15, 0.2) is 0 Å². The zero-order valence-electron chi connectivity index (χ0n) is 8.89. The van der Waals surface area contributed by atoms with Crippen LogP contribution in [0, 0.1) is 5.41 Å². The van der Waals surface area contributed by atoms with E-state index in [4.69, 9.17) is 0 Å². The predicted molar refractivity (Wildman–Crippen MR) is 52.5 cm³/mol. The van der Waals surface area contributed by atoms with Crippen molar-refractivity contribution < 1.29 is 9.90 Å². The van der Waals surface area contributed by atoms with Crippen LogP contribution in [0.1, 0.15) is 52.9 Å². The summed E-state index contributed by atoms with van der Waals surface area (Å²) < 4.78 is 0. The van der Waals surface area contributed by atoms with Crippen molar-refractivity contribution in [1.29, 1.82) is 0 Å². The fourth-order valence-corrected chi connectivity index (χ4v) is 2.06. The van der Waals surface area contributed by atoms with Gasteiger partial charge in [-0.25, -0.2) is 0 Å². The lowest BCUT2D eigenvalue weighted by Gasteiger charge is -2.35. The maximum absolute atomic E-state index is 11.9. The van der Waals surface area contributed by atoms with Gasteiger partial charge in [-0.3, -0.25) is 4.79 Å². The molecule has 0 amide bonds. The summed E-state index contributed by atoms with van der Waals surface area (Å²) in [5, 5.41) is 10.1. The first-order valence-electron chi connectivity index (χ1n) is 5.13. The maximum atomic E-state index is 11.9. The van der Waals surface area contributed by atoms with Crippen LogP contribution < -0.4 is 0 Å². The smallest absolute Gasteiger partial charge is 0.169 e. The van der Waals surface area contributed by atoms with Crippen molar-refractivity contribution in [3.8, 4) is 0 Å². The average Bonchev–Trinajstić information content (AvgIpc) is 2.03. The number of carbonyl (C=O) groups excluding carboxylic acids is 1. The average molecular weight is 184 g/mol. The SMILES string of the molecule is CC(C)(C)C(=O)C1(O)CCCCC1. The first-order chi connectivity index (χ1) is 5.86. The van der Waals surface area contributed by atoms with E-state index in [0.29, 0.717) is 12.8 Å². The summed E-state index contributed by atoms with van der Waals surface area (Å²) in [6.45, 7) is 5.63. The predicted octanol–water partition coefficient (Wildman–Crippen LogP) is 2.30. The van der Waals surface area contributed by atoms with Gasteiger partial charge < -0.3 is 5.11 Å². The Hall–Kier alpha value is -0.370. The van der Waals surface area contributed by atoms with Gasteiger partial charge >= 0.3 is 0 Å². The van der Waals surface area contributed by atoms with Gasteiger partial charge in [-0.2, -0.15) is 0 Å². The van der Waals surface area contributed by atoms with Crippen molar-refractivity contribution >= 4 is 5.78 Å². The summed E-state index contributed by atoms with van der Waals surface area (Å²) in [6, 6.07) is 0. The Bertz CT molecular complexity index is 195. The van der Waals surface area contributed by atoms with E-state index < -0.39 is 11.0 Å². The lowest BCUT2D eigenvalue weighted by atomic mass is 9.73. The summed E-state index contributed by atoms with van der Waals surface area (Å²) in [6.07, 6.45) is 4.43. The third-order valence-electron chi connectivity index (χ3n) is 2.78. The van der Waals surface area contributed by atoms with Gasteiger partial charge in [0.05, 0.1) is 0 Å². The van der Waals surface area contributed by atoms with E-state index >= 15 is 0 Å². The molecule has 0 heterocycles. The van der Waals surface area contributed by atoms with Crippen LogP contribution in [0.3, 0.4) is 0 Å². The number of aliphatic hydroxyl groups is 1. The fourth-order valence-electron chi connectivity index (χ4n) is 2.06. The van der Waals surface area contributed by atoms with Crippen LogP contribution in [-0.2, 0) is 4.79 Å². The van der Waals surface area contributed by atoms with Gasteiger partial charge in [0.25, 0.3) is 0 Å². The number of hydrogen-bond acceptors (Lipinski definition) is 2. The number of carbonyl (C=O) groups is 1. The highest BCUT2D eigenvalue weighted by Gasteiger charge is 2.42. The highest BCUT2D eigenvalue weighted by molar-refractivity contribution is 5.91. The molecule has 0 aromatic rings. The van der Waals surface area contributed by atoms with Crippen LogP contribution in [0.2, 0.25) is 0 Å². The normalized spacial score (nSPS) is 22.8. The minimum absolute atomic E-state index is 0.0136. The van der Waals surface area contributed by atoms with Crippen molar-refractivity contribution in [3.63, 3.8) is 0 Å². The molecular formula is C11H20O2. The molecule has 1 aliphatic carbocycles. The molecule has 1 N–H and O–H groups in total. The van der Waals surface area contributed by atoms with Crippen LogP contribution >= 0.6 is 0 Å². The lowest BCUT2D eigenvalue weighted by Crippen LogP contribution is -2.46. The molecule has 1 rings (SSSR count). The van der Waals surface area contributed by atoms with Crippen molar-refractivity contribution in [2.75, 3.05) is 0 Å². The van der Waals surface area contributed by atoms with Crippen LogP contribution in [-0.4, -0.2) is 16.5 Å². The van der Waals surface area contributed by atoms with Crippen LogP contribution in [0.5, 0.6) is 0 Å². The molecule has 1 aliphatic rings. The monoisotopic (exact) mass is 184 g/mol. The Morgan fingerprint density at radius 2 is 1.62 bits per heavy atom. The third-order valence-corrected chi connectivity index (χ3v) is 2.78. The Kier molecular flexibility index (Phi) is 2.81. The molecule has 13 heavy (non-hydrogen) atoms. The molecule has 0 spiro atoms. The standard InChI is InChI=1S/C11H20O2/c1-10(2,3)9(12)11(13)7-5-4-6-8-11/h13H,4-8H2,1-3H3. The first kappa shape index (κ1) is 10.7. The summed E-state index contributed by atoms with van der Waals surface area (Å²) in [5.74, 6) is 0.0136. The molecule has 0 bridgehead atoms. The second-order valence-corrected chi connectivity index (χ2v) is 5.17. The van der Waals surface area contributed by atoms with E-state index in [1.54, 1.807) is 0 Å². The number of ketones is 1. The van der Waals surface area contributed by atoms with E-state index in [9.17, 15) is 9.90 Å². The molecule has 0 aromatic heterocycles. The van der Waals surface area contributed by atoms with E-state index in [2.05, 4.69) is 0 Å². The second-order valence-electron chi connectivity index (χ2n) is 5.17. The first-order valence-corrected chi connectivity index (χ1v) is 5.13. The van der Waals surface area contributed by atoms with Gasteiger partial charge in [-0.05, 0) is 12.8 Å². The Labute approximate surface area is 80.3 Å². The van der Waals surface area contributed by atoms with Crippen molar-refractivity contribution in [1.82, 2.24) is 0 Å². The summed E-state index contributed by atoms with van der Waals surface area (Å²) in [7, 11) is 0. The summed E-state index contributed by atoms with van der Waals surface area (Å²) >= 11 is 0. The summed E-state index contributed by atoms with van der Waals surface area (Å²) in [4.78, 5) is 11.9. The van der Waals surface area contributed by atoms with Crippen LogP contribution in [0.25, 0.3) is 0 Å². The molecule has 76 valence electrons. The molecule has 0 radical (unpaired) electrons. The zero-order chi connectivity index (χ0) is 10.1. The minimum Gasteiger partial charge on any atom is -0.382 e. The number of Topliss-reactive ketones (excluding diaryl/α,β-unsaturated/α-hetero) is 1. The maximum Gasteiger partial charge on any atom is 0.169 e. The van der Waals surface area contributed by atoms with E-state index in [0.717, 1.165) is 19.3 Å². The highest BCUT2D eigenvalue weighted by Crippen LogP contribution is 2.34. The topological polar surface area (TPSA) is 37.3 Å². The molecule has 2 nitrogen and oxygen atoms in total. The molecule has 2 heteroatoms. The zero-order valence-corrected chi connectivity index (χ0v) is 8.89. The Morgan fingerprint density at radius 1 is 1.15 bits per heavy atom. The molecular weight excluding hydrogens is 164 g/mol. The second kappa shape index (κ2) is 3.41. The molecule has 0 unspecified atom stereocenters. The van der Waals surface area contributed by atoms with Gasteiger partial charge in [-0.1, -0.05) is 40.0 Å². The van der Waals surface area contributed by atoms with Gasteiger partial charge in [0.1, 0.15) is 5.60 Å². The van der Waals surface area contributed by atoms with Crippen molar-refractivity contribution in [2.45, 2.75) is 58.5 Å². The molecule has 0 aromatic carbocycles. The third kappa shape index (κ3) is 2.31. The summed E-state index contributed by atoms with van der Waals surface area (Å²) in [5.41, 5.74) is -1.43. The molecule has 1 fully saturated rings. The van der Waals surface area contributed by atoms with E-state index in [1.807, 2.05) is 20.8 Å². The van der Waals surface area contributed by atoms with E-state index in [1.165, 1.54) is 0 Å². The molecule has 0 atom stereocenters. The number of rotatable bonds is 1. The van der Waals surface area contributed by atoms with Gasteiger partial charge in [0.2, 0.25) is 0 Å². The quantitative estimate of drug-likeness (QED) is 0.679. The van der Waals surface area contributed by atoms with Crippen molar-refractivity contribution in [2.24, 2.45) is 5.41 Å². The molecule has 0 aliphatic heterocycles. The van der Waals surface area contributed by atoms with E-state index in [-0.39, 0.29) is 5.78 Å². The number of hydrogen-bond donors (Lipinski definition) is 1. The minimum atomic E-state index is -1.02. The molecule has 0 saturated heterocycles. The van der Waals surface area contributed by atoms with Crippen LogP contribution in [0.4, 0.5) is 0 Å². The van der Waals surface area contributed by atoms with Gasteiger partial charge in [0, 0.05) is 5.41 Å². The molecule has 1 saturated carbocycles. The Balaban J connectivity index is 2.73. The van der Waals surface area contributed by atoms with Gasteiger partial charge in [0.15, 0.2) is 5.78 Å². The largest absolute Gasteiger partial charge is 0.382 e. The highest BCUT2D eigenvalue weighted by atomic mass is 16.3. The lowest BCUT2D eigenvalue weighted by molar-refractivity contribution is -0.148. The fraction of sp³-hybridized carbons (Fsp3) is 0.909. The Morgan fingerprint density at radius 3 is 2.00 bits per heavy atom. The van der Waals surface area contributed by atoms with Crippen molar-refractivity contribution in [3.05, 3.63) is 0 Å². The van der Waals surface area contributed by atoms with Gasteiger partial charge in [-0.15, -0.1) is 0 Å².